The fourth-order valence-corrected chi connectivity index (χ4v) is 0.589. The van der Waals surface area contributed by atoms with Gasteiger partial charge in [0.1, 0.15) is 5.92 Å². The van der Waals surface area contributed by atoms with Crippen molar-refractivity contribution in [2.24, 2.45) is 26.6 Å². The zero-order valence-electron chi connectivity index (χ0n) is 5.26. The van der Waals surface area contributed by atoms with Crippen molar-refractivity contribution in [3.8, 4) is 6.07 Å². The highest BCUT2D eigenvalue weighted by Gasteiger charge is 2.35. The molecule has 0 amide bonds. The van der Waals surface area contributed by atoms with Crippen molar-refractivity contribution in [3.63, 3.8) is 0 Å². The molecule has 10 heavy (non-hydrogen) atoms. The maximum atomic E-state index is 8.46. The molecule has 0 saturated heterocycles. The standard InChI is InChI=1S/C4H5N5S/c1-3(2-5)4(10)6-8-9-7-4/h3,10H,1H3. The summed E-state index contributed by atoms with van der Waals surface area (Å²) in [5, 5.41) is 22.1. The lowest BCUT2D eigenvalue weighted by Crippen LogP contribution is -2.21. The van der Waals surface area contributed by atoms with Crippen LogP contribution < -0.4 is 0 Å². The monoisotopic (exact) mass is 155 g/mol. The molecular weight excluding hydrogens is 150 g/mol. The van der Waals surface area contributed by atoms with E-state index in [1.807, 2.05) is 6.07 Å². The van der Waals surface area contributed by atoms with Gasteiger partial charge in [-0.25, -0.2) is 0 Å². The summed E-state index contributed by atoms with van der Waals surface area (Å²) in [6, 6.07) is 1.96. The number of nitrogens with zero attached hydrogens (tertiary/aromatic N) is 5. The van der Waals surface area contributed by atoms with E-state index in [9.17, 15) is 0 Å². The van der Waals surface area contributed by atoms with Crippen molar-refractivity contribution in [3.05, 3.63) is 0 Å². The Morgan fingerprint density at radius 1 is 1.50 bits per heavy atom. The lowest BCUT2D eigenvalue weighted by atomic mass is 10.1. The fourth-order valence-electron chi connectivity index (χ4n) is 0.451. The second-order valence-corrected chi connectivity index (χ2v) is 2.58. The first kappa shape index (κ1) is 7.15. The van der Waals surface area contributed by atoms with Crippen LogP contribution in [0, 0.1) is 17.2 Å². The second kappa shape index (κ2) is 2.34. The van der Waals surface area contributed by atoms with Gasteiger partial charge in [-0.3, -0.25) is 0 Å². The van der Waals surface area contributed by atoms with Crippen LogP contribution in [-0.2, 0) is 0 Å². The van der Waals surface area contributed by atoms with Gasteiger partial charge in [0.05, 0.1) is 6.07 Å². The quantitative estimate of drug-likeness (QED) is 0.573. The Balaban J connectivity index is 2.81. The fraction of sp³-hybridized carbons (Fsp3) is 0.750. The Kier molecular flexibility index (Phi) is 1.68. The summed E-state index contributed by atoms with van der Waals surface area (Å²) in [4.78, 5) is -1.05. The first-order valence-electron chi connectivity index (χ1n) is 2.65. The largest absolute Gasteiger partial charge is 0.253 e. The Bertz CT molecular complexity index is 214. The predicted molar refractivity (Wildman–Crippen MR) is 36.2 cm³/mol. The number of rotatable bonds is 1. The first-order chi connectivity index (χ1) is 4.69. The molecule has 0 aromatic carbocycles. The van der Waals surface area contributed by atoms with Gasteiger partial charge in [0.2, 0.25) is 0 Å². The number of thiol groups is 1. The molecule has 52 valence electrons. The number of hydrogen-bond donors (Lipinski definition) is 1. The van der Waals surface area contributed by atoms with Crippen LogP contribution in [0.1, 0.15) is 6.92 Å². The van der Waals surface area contributed by atoms with Crippen LogP contribution in [0.5, 0.6) is 0 Å². The van der Waals surface area contributed by atoms with Crippen molar-refractivity contribution in [1.82, 2.24) is 0 Å². The van der Waals surface area contributed by atoms with E-state index in [4.69, 9.17) is 5.26 Å². The third-order valence-corrected chi connectivity index (χ3v) is 1.76. The SMILES string of the molecule is CC(C#N)C1(S)N=NN=N1. The van der Waals surface area contributed by atoms with Crippen molar-refractivity contribution < 1.29 is 0 Å². The van der Waals surface area contributed by atoms with Crippen LogP contribution in [-0.4, -0.2) is 4.99 Å². The maximum Gasteiger partial charge on any atom is 0.253 e. The molecule has 0 aliphatic carbocycles. The molecule has 1 atom stereocenters. The molecule has 0 bridgehead atoms. The van der Waals surface area contributed by atoms with Gasteiger partial charge in [-0.15, -0.1) is 22.9 Å². The summed E-state index contributed by atoms with van der Waals surface area (Å²) in [6.07, 6.45) is 0. The Labute approximate surface area is 63.2 Å². The van der Waals surface area contributed by atoms with Crippen LogP contribution >= 0.6 is 12.6 Å². The van der Waals surface area contributed by atoms with E-state index in [0.717, 1.165) is 0 Å². The normalized spacial score (nSPS) is 22.5. The van der Waals surface area contributed by atoms with Gasteiger partial charge < -0.3 is 0 Å². The molecule has 1 heterocycles. The summed E-state index contributed by atoms with van der Waals surface area (Å²) < 4.78 is 0. The second-order valence-electron chi connectivity index (χ2n) is 1.92. The minimum atomic E-state index is -1.05. The van der Waals surface area contributed by atoms with Gasteiger partial charge in [-0.05, 0) is 17.4 Å². The Morgan fingerprint density at radius 2 is 2.00 bits per heavy atom. The lowest BCUT2D eigenvalue weighted by Gasteiger charge is -2.13. The van der Waals surface area contributed by atoms with Gasteiger partial charge in [0.15, 0.2) is 0 Å². The van der Waals surface area contributed by atoms with Crippen LogP contribution in [0.25, 0.3) is 0 Å². The van der Waals surface area contributed by atoms with Crippen LogP contribution in [0.15, 0.2) is 20.7 Å². The molecule has 1 unspecified atom stereocenters. The molecule has 0 spiro atoms. The van der Waals surface area contributed by atoms with Crippen molar-refractivity contribution >= 4 is 12.6 Å². The number of hydrogen-bond acceptors (Lipinski definition) is 6. The molecule has 0 fully saturated rings. The van der Waals surface area contributed by atoms with E-state index in [-0.39, 0.29) is 0 Å². The van der Waals surface area contributed by atoms with Crippen molar-refractivity contribution in [1.29, 1.82) is 5.26 Å². The molecule has 6 heteroatoms. The summed E-state index contributed by atoms with van der Waals surface area (Å²) in [7, 11) is 0. The molecule has 0 saturated carbocycles. The maximum absolute atomic E-state index is 8.46. The van der Waals surface area contributed by atoms with E-state index in [2.05, 4.69) is 33.3 Å². The van der Waals surface area contributed by atoms with E-state index < -0.39 is 10.9 Å². The first-order valence-corrected chi connectivity index (χ1v) is 3.10. The van der Waals surface area contributed by atoms with Gasteiger partial charge in [0, 0.05) is 0 Å². The Hall–Kier alpha value is -0.960. The molecule has 0 radical (unpaired) electrons. The highest BCUT2D eigenvalue weighted by molar-refractivity contribution is 7.81. The van der Waals surface area contributed by atoms with E-state index in [1.165, 1.54) is 0 Å². The van der Waals surface area contributed by atoms with Crippen LogP contribution in [0.3, 0.4) is 0 Å². The zero-order chi connectivity index (χ0) is 7.61. The molecular formula is C4H5N5S. The van der Waals surface area contributed by atoms with Crippen LogP contribution in [0.4, 0.5) is 0 Å². The van der Waals surface area contributed by atoms with E-state index in [0.29, 0.717) is 0 Å². The van der Waals surface area contributed by atoms with Crippen LogP contribution in [0.2, 0.25) is 0 Å². The van der Waals surface area contributed by atoms with Gasteiger partial charge in [-0.2, -0.15) is 5.26 Å². The summed E-state index contributed by atoms with van der Waals surface area (Å²) in [5.74, 6) is -0.411. The smallest absolute Gasteiger partial charge is 0.198 e. The minimum absolute atomic E-state index is 0.411. The summed E-state index contributed by atoms with van der Waals surface area (Å²) >= 11 is 4.01. The molecule has 5 nitrogen and oxygen atoms in total. The molecule has 0 aromatic rings. The highest BCUT2D eigenvalue weighted by Crippen LogP contribution is 2.31. The molecule has 0 aromatic heterocycles. The molecule has 1 rings (SSSR count). The van der Waals surface area contributed by atoms with Gasteiger partial charge in [0.25, 0.3) is 4.99 Å². The van der Waals surface area contributed by atoms with Gasteiger partial charge in [-0.1, -0.05) is 0 Å². The van der Waals surface area contributed by atoms with Gasteiger partial charge >= 0.3 is 0 Å². The van der Waals surface area contributed by atoms with Crippen molar-refractivity contribution in [2.75, 3.05) is 0 Å². The van der Waals surface area contributed by atoms with E-state index in [1.54, 1.807) is 6.92 Å². The summed E-state index contributed by atoms with van der Waals surface area (Å²) in [6.45, 7) is 1.66. The molecule has 1 aliphatic heterocycles. The topological polar surface area (TPSA) is 73.2 Å². The average molecular weight is 155 g/mol. The molecule has 1 aliphatic rings. The minimum Gasteiger partial charge on any atom is -0.198 e. The lowest BCUT2D eigenvalue weighted by molar-refractivity contribution is 0.520. The Morgan fingerprint density at radius 3 is 2.40 bits per heavy atom. The third kappa shape index (κ3) is 0.998. The third-order valence-electron chi connectivity index (χ3n) is 1.20. The number of nitriles is 1. The predicted octanol–water partition coefficient (Wildman–Crippen LogP) is 1.56. The zero-order valence-corrected chi connectivity index (χ0v) is 6.16. The molecule has 0 N–H and O–H groups in total. The van der Waals surface area contributed by atoms with Crippen molar-refractivity contribution in [2.45, 2.75) is 11.9 Å². The highest BCUT2D eigenvalue weighted by atomic mass is 32.1. The summed E-state index contributed by atoms with van der Waals surface area (Å²) in [5.41, 5.74) is 0. The average Bonchev–Trinajstić information content (AvgIpc) is 2.36. The van der Waals surface area contributed by atoms with E-state index >= 15 is 0 Å².